The standard InChI is InChI=1S/C12H7NO3S2/c1-18(16)12-13-8-9(14)6-4-2-3-5-7(6)10(15)11(8)17-12/h2-5H,1H3. The SMILES string of the molecule is CS(=O)c1nc2c(s1)C(=O)c1ccccc1C2=O. The van der Waals surface area contributed by atoms with E-state index in [-0.39, 0.29) is 17.3 Å². The van der Waals surface area contributed by atoms with Crippen molar-refractivity contribution in [3.8, 4) is 0 Å². The van der Waals surface area contributed by atoms with Crippen LogP contribution in [-0.4, -0.2) is 27.0 Å². The van der Waals surface area contributed by atoms with Crippen molar-refractivity contribution >= 4 is 33.7 Å². The van der Waals surface area contributed by atoms with Crippen molar-refractivity contribution < 1.29 is 13.8 Å². The molecule has 1 heterocycles. The summed E-state index contributed by atoms with van der Waals surface area (Å²) in [6.07, 6.45) is 1.48. The van der Waals surface area contributed by atoms with Gasteiger partial charge in [-0.2, -0.15) is 0 Å². The lowest BCUT2D eigenvalue weighted by Gasteiger charge is -2.11. The molecule has 0 spiro atoms. The number of carbonyl (C=O) groups excluding carboxylic acids is 2. The number of rotatable bonds is 1. The molecule has 2 aromatic rings. The third-order valence-corrected chi connectivity index (χ3v) is 5.08. The van der Waals surface area contributed by atoms with E-state index in [2.05, 4.69) is 4.98 Å². The highest BCUT2D eigenvalue weighted by molar-refractivity contribution is 7.86. The molecule has 0 saturated carbocycles. The lowest BCUT2D eigenvalue weighted by atomic mass is 9.92. The van der Waals surface area contributed by atoms with Crippen LogP contribution >= 0.6 is 11.3 Å². The first-order valence-corrected chi connectivity index (χ1v) is 7.49. The molecule has 1 aromatic heterocycles. The van der Waals surface area contributed by atoms with E-state index in [4.69, 9.17) is 0 Å². The van der Waals surface area contributed by atoms with Gasteiger partial charge in [-0.3, -0.25) is 13.8 Å². The van der Waals surface area contributed by atoms with Crippen LogP contribution < -0.4 is 0 Å². The predicted molar refractivity (Wildman–Crippen MR) is 67.8 cm³/mol. The third kappa shape index (κ3) is 1.49. The number of thiazole rings is 1. The number of hydrogen-bond acceptors (Lipinski definition) is 5. The monoisotopic (exact) mass is 277 g/mol. The molecule has 0 amide bonds. The van der Waals surface area contributed by atoms with E-state index in [1.54, 1.807) is 24.3 Å². The van der Waals surface area contributed by atoms with Gasteiger partial charge >= 0.3 is 0 Å². The molecular weight excluding hydrogens is 270 g/mol. The summed E-state index contributed by atoms with van der Waals surface area (Å²) in [4.78, 5) is 28.7. The van der Waals surface area contributed by atoms with Gasteiger partial charge in [0.15, 0.2) is 4.34 Å². The minimum atomic E-state index is -1.29. The maximum Gasteiger partial charge on any atom is 0.213 e. The summed E-state index contributed by atoms with van der Waals surface area (Å²) >= 11 is 1.04. The van der Waals surface area contributed by atoms with Crippen LogP contribution in [0.25, 0.3) is 0 Å². The van der Waals surface area contributed by atoms with E-state index < -0.39 is 10.8 Å². The lowest BCUT2D eigenvalue weighted by Crippen LogP contribution is -2.19. The Hall–Kier alpha value is -1.66. The average molecular weight is 277 g/mol. The number of fused-ring (bicyclic) bond motifs is 2. The van der Waals surface area contributed by atoms with Crippen LogP contribution in [0, 0.1) is 0 Å². The van der Waals surface area contributed by atoms with E-state index in [1.807, 2.05) is 0 Å². The van der Waals surface area contributed by atoms with Crippen LogP contribution in [0.1, 0.15) is 31.3 Å². The molecule has 0 radical (unpaired) electrons. The molecule has 0 bridgehead atoms. The first kappa shape index (κ1) is 11.4. The van der Waals surface area contributed by atoms with Crippen molar-refractivity contribution in [3.63, 3.8) is 0 Å². The molecule has 0 fully saturated rings. The summed E-state index contributed by atoms with van der Waals surface area (Å²) in [6.45, 7) is 0. The van der Waals surface area contributed by atoms with Gasteiger partial charge in [0.2, 0.25) is 11.6 Å². The second-order valence-electron chi connectivity index (χ2n) is 3.82. The fourth-order valence-corrected chi connectivity index (χ4v) is 3.55. The van der Waals surface area contributed by atoms with Gasteiger partial charge in [-0.05, 0) is 0 Å². The average Bonchev–Trinajstić information content (AvgIpc) is 2.81. The minimum absolute atomic E-state index is 0.133. The fourth-order valence-electron chi connectivity index (χ4n) is 1.86. The second-order valence-corrected chi connectivity index (χ2v) is 6.37. The van der Waals surface area contributed by atoms with Crippen molar-refractivity contribution in [2.24, 2.45) is 0 Å². The highest BCUT2D eigenvalue weighted by atomic mass is 32.2. The molecule has 0 aliphatic heterocycles. The van der Waals surface area contributed by atoms with Crippen LogP contribution in [0.3, 0.4) is 0 Å². The second kappa shape index (κ2) is 3.93. The lowest BCUT2D eigenvalue weighted by molar-refractivity contribution is 0.0979. The molecule has 0 N–H and O–H groups in total. The largest absolute Gasteiger partial charge is 0.288 e. The maximum absolute atomic E-state index is 12.2. The van der Waals surface area contributed by atoms with Gasteiger partial charge in [0.1, 0.15) is 10.6 Å². The van der Waals surface area contributed by atoms with Crippen LogP contribution in [0.5, 0.6) is 0 Å². The molecule has 1 aliphatic rings. The Labute approximate surface area is 109 Å². The zero-order valence-electron chi connectivity index (χ0n) is 9.30. The van der Waals surface area contributed by atoms with E-state index in [0.717, 1.165) is 11.3 Å². The van der Waals surface area contributed by atoms with Crippen molar-refractivity contribution in [3.05, 3.63) is 46.0 Å². The molecule has 1 aliphatic carbocycles. The van der Waals surface area contributed by atoms with Crippen molar-refractivity contribution in [2.75, 3.05) is 6.26 Å². The van der Waals surface area contributed by atoms with Gasteiger partial charge in [-0.1, -0.05) is 24.3 Å². The Balaban J connectivity index is 2.27. The van der Waals surface area contributed by atoms with Crippen LogP contribution in [-0.2, 0) is 10.8 Å². The van der Waals surface area contributed by atoms with Gasteiger partial charge in [0, 0.05) is 17.4 Å². The Morgan fingerprint density at radius 1 is 1.11 bits per heavy atom. The quantitative estimate of drug-likeness (QED) is 0.678. The normalized spacial score (nSPS) is 15.2. The summed E-state index contributed by atoms with van der Waals surface area (Å²) in [7, 11) is -1.29. The van der Waals surface area contributed by atoms with Gasteiger partial charge in [-0.25, -0.2) is 4.98 Å². The Kier molecular flexibility index (Phi) is 2.49. The molecule has 1 unspecified atom stereocenters. The molecule has 3 rings (SSSR count). The number of carbonyl (C=O) groups is 2. The van der Waals surface area contributed by atoms with Crippen molar-refractivity contribution in [1.29, 1.82) is 0 Å². The van der Waals surface area contributed by atoms with E-state index >= 15 is 0 Å². The number of nitrogens with zero attached hydrogens (tertiary/aromatic N) is 1. The summed E-state index contributed by atoms with van der Waals surface area (Å²) in [5, 5.41) is 0. The number of benzene rings is 1. The third-order valence-electron chi connectivity index (χ3n) is 2.69. The molecule has 18 heavy (non-hydrogen) atoms. The Morgan fingerprint density at radius 2 is 1.72 bits per heavy atom. The number of ketones is 2. The van der Waals surface area contributed by atoms with Crippen molar-refractivity contribution in [1.82, 2.24) is 4.98 Å². The van der Waals surface area contributed by atoms with Gasteiger partial charge in [0.05, 0.1) is 10.8 Å². The summed E-state index contributed by atoms with van der Waals surface area (Å²) in [5.74, 6) is -0.484. The van der Waals surface area contributed by atoms with E-state index in [9.17, 15) is 13.8 Å². The molecule has 1 atom stereocenters. The Bertz CT molecular complexity index is 665. The predicted octanol–water partition coefficient (Wildman–Crippen LogP) is 1.66. The first-order chi connectivity index (χ1) is 8.59. The van der Waals surface area contributed by atoms with Crippen LogP contribution in [0.2, 0.25) is 0 Å². The minimum Gasteiger partial charge on any atom is -0.288 e. The molecule has 0 saturated heterocycles. The van der Waals surface area contributed by atoms with E-state index in [0.29, 0.717) is 20.3 Å². The molecule has 6 heteroatoms. The molecular formula is C12H7NO3S2. The Morgan fingerprint density at radius 3 is 2.33 bits per heavy atom. The van der Waals surface area contributed by atoms with Crippen LogP contribution in [0.15, 0.2) is 28.6 Å². The van der Waals surface area contributed by atoms with Gasteiger partial charge in [-0.15, -0.1) is 11.3 Å². The fraction of sp³-hybridized carbons (Fsp3) is 0.0833. The highest BCUT2D eigenvalue weighted by Crippen LogP contribution is 2.31. The van der Waals surface area contributed by atoms with E-state index in [1.165, 1.54) is 6.26 Å². The summed E-state index contributed by atoms with van der Waals surface area (Å²) < 4.78 is 11.7. The van der Waals surface area contributed by atoms with Gasteiger partial charge in [0.25, 0.3) is 0 Å². The number of hydrogen-bond donors (Lipinski definition) is 0. The summed E-state index contributed by atoms with van der Waals surface area (Å²) in [5.41, 5.74) is 0.898. The zero-order chi connectivity index (χ0) is 12.9. The topological polar surface area (TPSA) is 64.1 Å². The highest BCUT2D eigenvalue weighted by Gasteiger charge is 2.33. The maximum atomic E-state index is 12.2. The van der Waals surface area contributed by atoms with Gasteiger partial charge < -0.3 is 0 Å². The van der Waals surface area contributed by atoms with Crippen molar-refractivity contribution in [2.45, 2.75) is 4.34 Å². The number of aromatic nitrogens is 1. The molecule has 4 nitrogen and oxygen atoms in total. The molecule has 1 aromatic carbocycles. The van der Waals surface area contributed by atoms with Crippen LogP contribution in [0.4, 0.5) is 0 Å². The molecule has 90 valence electrons. The smallest absolute Gasteiger partial charge is 0.213 e. The summed E-state index contributed by atoms with van der Waals surface area (Å²) in [6, 6.07) is 6.66. The first-order valence-electron chi connectivity index (χ1n) is 5.12. The zero-order valence-corrected chi connectivity index (χ0v) is 10.9.